The Kier molecular flexibility index (Phi) is 3.36. The van der Waals surface area contributed by atoms with E-state index < -0.39 is 0 Å². The van der Waals surface area contributed by atoms with E-state index in [1.54, 1.807) is 0 Å². The van der Waals surface area contributed by atoms with Crippen LogP contribution >= 0.6 is 0 Å². The molecule has 0 saturated heterocycles. The van der Waals surface area contributed by atoms with Crippen LogP contribution in [0.1, 0.15) is 39.5 Å². The molecule has 0 radical (unpaired) electrons. The van der Waals surface area contributed by atoms with E-state index >= 15 is 0 Å². The first-order valence-corrected chi connectivity index (χ1v) is 5.34. The van der Waals surface area contributed by atoms with E-state index in [1.165, 1.54) is 12.8 Å². The maximum atomic E-state index is 9.87. The van der Waals surface area contributed by atoms with Gasteiger partial charge in [0.25, 0.3) is 0 Å². The van der Waals surface area contributed by atoms with Crippen LogP contribution in [0.15, 0.2) is 0 Å². The average molecular weight is 185 g/mol. The van der Waals surface area contributed by atoms with Crippen molar-refractivity contribution in [3.63, 3.8) is 0 Å². The van der Waals surface area contributed by atoms with E-state index in [0.29, 0.717) is 0 Å². The summed E-state index contributed by atoms with van der Waals surface area (Å²) in [5.74, 6) is 0.755. The van der Waals surface area contributed by atoms with Crippen LogP contribution in [0.4, 0.5) is 0 Å². The molecule has 0 aromatic carbocycles. The number of nitrogens with zero attached hydrogens (tertiary/aromatic N) is 1. The molecule has 0 aromatic heterocycles. The number of likely N-dealkylation sites (N-methyl/N-ethyl adjacent to an activating group) is 1. The molecular formula is C11H23NO. The molecule has 1 aliphatic rings. The molecule has 1 saturated carbocycles. The maximum Gasteiger partial charge on any atom is 0.0695 e. The largest absolute Gasteiger partial charge is 0.391 e. The quantitative estimate of drug-likeness (QED) is 0.710. The predicted molar refractivity (Wildman–Crippen MR) is 55.7 cm³/mol. The molecule has 3 atom stereocenters. The molecule has 0 spiro atoms. The molecule has 1 rings (SSSR count). The first-order valence-electron chi connectivity index (χ1n) is 5.34. The summed E-state index contributed by atoms with van der Waals surface area (Å²) in [7, 11) is 4.18. The van der Waals surface area contributed by atoms with Crippen LogP contribution < -0.4 is 0 Å². The van der Waals surface area contributed by atoms with Gasteiger partial charge in [-0.15, -0.1) is 0 Å². The second-order valence-electron chi connectivity index (χ2n) is 4.88. The fourth-order valence-corrected chi connectivity index (χ4v) is 2.72. The molecule has 0 heterocycles. The van der Waals surface area contributed by atoms with Gasteiger partial charge in [0.2, 0.25) is 0 Å². The Morgan fingerprint density at radius 2 is 2.08 bits per heavy atom. The lowest BCUT2D eigenvalue weighted by atomic mass is 9.73. The zero-order valence-electron chi connectivity index (χ0n) is 9.38. The molecular weight excluding hydrogens is 162 g/mol. The summed E-state index contributed by atoms with van der Waals surface area (Å²) in [6, 6.07) is 0. The number of hydrogen-bond donors (Lipinski definition) is 1. The Balaban J connectivity index is 2.77. The van der Waals surface area contributed by atoms with Crippen molar-refractivity contribution in [1.29, 1.82) is 0 Å². The van der Waals surface area contributed by atoms with E-state index in [2.05, 4.69) is 25.9 Å². The second-order valence-corrected chi connectivity index (χ2v) is 4.88. The van der Waals surface area contributed by atoms with E-state index in [4.69, 9.17) is 0 Å². The minimum Gasteiger partial charge on any atom is -0.391 e. The standard InChI is InChI=1S/C11H23NO/c1-9-6-5-7-11(8-9,10(2)13)12(3)4/h9-10,13H,5-8H2,1-4H3. The smallest absolute Gasteiger partial charge is 0.0695 e. The first-order chi connectivity index (χ1) is 5.99. The summed E-state index contributed by atoms with van der Waals surface area (Å²) in [5.41, 5.74) is 0.0394. The highest BCUT2D eigenvalue weighted by molar-refractivity contribution is 4.96. The third-order valence-corrected chi connectivity index (χ3v) is 3.68. The van der Waals surface area contributed by atoms with Crippen LogP contribution in [0, 0.1) is 5.92 Å². The molecule has 78 valence electrons. The molecule has 0 bridgehead atoms. The van der Waals surface area contributed by atoms with Crippen molar-refractivity contribution in [2.75, 3.05) is 14.1 Å². The third-order valence-electron chi connectivity index (χ3n) is 3.68. The monoisotopic (exact) mass is 185 g/mol. The van der Waals surface area contributed by atoms with Gasteiger partial charge in [0, 0.05) is 5.54 Å². The van der Waals surface area contributed by atoms with Crippen molar-refractivity contribution >= 4 is 0 Å². The highest BCUT2D eigenvalue weighted by Crippen LogP contribution is 2.37. The summed E-state index contributed by atoms with van der Waals surface area (Å²) in [6.07, 6.45) is 4.64. The van der Waals surface area contributed by atoms with Gasteiger partial charge in [-0.3, -0.25) is 0 Å². The lowest BCUT2D eigenvalue weighted by Gasteiger charge is -2.47. The molecule has 13 heavy (non-hydrogen) atoms. The number of aliphatic hydroxyl groups excluding tert-OH is 1. The van der Waals surface area contributed by atoms with Crippen molar-refractivity contribution in [3.8, 4) is 0 Å². The molecule has 3 unspecified atom stereocenters. The number of rotatable bonds is 2. The van der Waals surface area contributed by atoms with Gasteiger partial charge in [-0.25, -0.2) is 0 Å². The molecule has 0 aromatic rings. The SMILES string of the molecule is CC1CCCC(C(C)O)(N(C)C)C1. The van der Waals surface area contributed by atoms with Crippen LogP contribution in [0.3, 0.4) is 0 Å². The molecule has 1 fully saturated rings. The zero-order chi connectivity index (χ0) is 10.1. The third kappa shape index (κ3) is 2.05. The van der Waals surface area contributed by atoms with Gasteiger partial charge in [0.05, 0.1) is 6.10 Å². The summed E-state index contributed by atoms with van der Waals surface area (Å²) in [6.45, 7) is 4.22. The van der Waals surface area contributed by atoms with Gasteiger partial charge in [0.15, 0.2) is 0 Å². The van der Waals surface area contributed by atoms with Crippen LogP contribution in [0.25, 0.3) is 0 Å². The van der Waals surface area contributed by atoms with Gasteiger partial charge in [-0.2, -0.15) is 0 Å². The van der Waals surface area contributed by atoms with Crippen molar-refractivity contribution in [1.82, 2.24) is 4.90 Å². The maximum absolute atomic E-state index is 9.87. The van der Waals surface area contributed by atoms with E-state index in [9.17, 15) is 5.11 Å². The molecule has 1 N–H and O–H groups in total. The van der Waals surface area contributed by atoms with Crippen molar-refractivity contribution < 1.29 is 5.11 Å². The summed E-state index contributed by atoms with van der Waals surface area (Å²) in [5, 5.41) is 9.87. The highest BCUT2D eigenvalue weighted by Gasteiger charge is 2.40. The lowest BCUT2D eigenvalue weighted by molar-refractivity contribution is -0.0334. The number of aliphatic hydroxyl groups is 1. The van der Waals surface area contributed by atoms with Crippen LogP contribution in [-0.4, -0.2) is 35.7 Å². The van der Waals surface area contributed by atoms with Gasteiger partial charge in [0.1, 0.15) is 0 Å². The molecule has 2 nitrogen and oxygen atoms in total. The van der Waals surface area contributed by atoms with Crippen molar-refractivity contribution in [3.05, 3.63) is 0 Å². The van der Waals surface area contributed by atoms with Crippen LogP contribution in [-0.2, 0) is 0 Å². The summed E-state index contributed by atoms with van der Waals surface area (Å²) in [4.78, 5) is 2.22. The Morgan fingerprint density at radius 3 is 2.38 bits per heavy atom. The predicted octanol–water partition coefficient (Wildman–Crippen LogP) is 1.88. The normalized spacial score (nSPS) is 37.8. The van der Waals surface area contributed by atoms with Crippen molar-refractivity contribution in [2.45, 2.75) is 51.2 Å². The van der Waals surface area contributed by atoms with Gasteiger partial charge in [-0.05, 0) is 39.8 Å². The Hall–Kier alpha value is -0.0800. The summed E-state index contributed by atoms with van der Waals surface area (Å²) < 4.78 is 0. The molecule has 0 amide bonds. The summed E-state index contributed by atoms with van der Waals surface area (Å²) >= 11 is 0. The van der Waals surface area contributed by atoms with E-state index in [1.807, 2.05) is 6.92 Å². The fraction of sp³-hybridized carbons (Fsp3) is 1.00. The van der Waals surface area contributed by atoms with Gasteiger partial charge < -0.3 is 10.0 Å². The van der Waals surface area contributed by atoms with Crippen LogP contribution in [0.2, 0.25) is 0 Å². The lowest BCUT2D eigenvalue weighted by Crippen LogP contribution is -2.54. The molecule has 2 heteroatoms. The van der Waals surface area contributed by atoms with E-state index in [0.717, 1.165) is 18.8 Å². The van der Waals surface area contributed by atoms with Crippen LogP contribution in [0.5, 0.6) is 0 Å². The number of hydrogen-bond acceptors (Lipinski definition) is 2. The first kappa shape index (κ1) is 11.0. The molecule has 1 aliphatic carbocycles. The van der Waals surface area contributed by atoms with Crippen molar-refractivity contribution in [2.24, 2.45) is 5.92 Å². The zero-order valence-corrected chi connectivity index (χ0v) is 9.38. The highest BCUT2D eigenvalue weighted by atomic mass is 16.3. The minimum atomic E-state index is -0.217. The topological polar surface area (TPSA) is 23.5 Å². The second kappa shape index (κ2) is 3.97. The Morgan fingerprint density at radius 1 is 1.46 bits per heavy atom. The Labute approximate surface area is 81.9 Å². The minimum absolute atomic E-state index is 0.0394. The van der Waals surface area contributed by atoms with E-state index in [-0.39, 0.29) is 11.6 Å². The van der Waals surface area contributed by atoms with Gasteiger partial charge in [-0.1, -0.05) is 19.8 Å². The molecule has 0 aliphatic heterocycles. The average Bonchev–Trinajstić information content (AvgIpc) is 2.03. The fourth-order valence-electron chi connectivity index (χ4n) is 2.72. The Bertz CT molecular complexity index is 157. The van der Waals surface area contributed by atoms with Gasteiger partial charge >= 0.3 is 0 Å².